The topological polar surface area (TPSA) is 83.5 Å². The fourth-order valence-corrected chi connectivity index (χ4v) is 2.24. The largest absolute Gasteiger partial charge is 0.478 e. The van der Waals surface area contributed by atoms with Gasteiger partial charge in [0.1, 0.15) is 0 Å². The summed E-state index contributed by atoms with van der Waals surface area (Å²) in [5.74, 6) is -1.05. The van der Waals surface area contributed by atoms with Gasteiger partial charge >= 0.3 is 5.97 Å². The van der Waals surface area contributed by atoms with Crippen LogP contribution in [0.5, 0.6) is 0 Å². The Morgan fingerprint density at radius 1 is 1.35 bits per heavy atom. The first-order valence-electron chi connectivity index (χ1n) is 4.96. The summed E-state index contributed by atoms with van der Waals surface area (Å²) < 4.78 is 25.5. The number of aliphatic carboxylic acids is 1. The third-order valence-corrected chi connectivity index (χ3v) is 3.50. The Labute approximate surface area is 99.8 Å². The van der Waals surface area contributed by atoms with E-state index < -0.39 is 16.0 Å². The van der Waals surface area contributed by atoms with Crippen LogP contribution >= 0.6 is 0 Å². The Morgan fingerprint density at radius 3 is 2.41 bits per heavy atom. The molecule has 6 heteroatoms. The Balaban J connectivity index is 2.92. The second-order valence-electron chi connectivity index (χ2n) is 3.24. The Hall–Kier alpha value is -1.66. The molecular formula is C11H13NO4S. The number of rotatable bonds is 5. The van der Waals surface area contributed by atoms with Gasteiger partial charge in [-0.3, -0.25) is 0 Å². The van der Waals surface area contributed by atoms with E-state index in [1.54, 1.807) is 19.1 Å². The smallest absolute Gasteiger partial charge is 0.328 e. The normalized spacial score (nSPS) is 11.8. The van der Waals surface area contributed by atoms with Gasteiger partial charge in [0, 0.05) is 12.6 Å². The van der Waals surface area contributed by atoms with Gasteiger partial charge < -0.3 is 5.11 Å². The summed E-state index contributed by atoms with van der Waals surface area (Å²) in [6.45, 7) is 2.02. The van der Waals surface area contributed by atoms with Crippen LogP contribution in [0.3, 0.4) is 0 Å². The maximum absolute atomic E-state index is 11.6. The summed E-state index contributed by atoms with van der Waals surface area (Å²) in [5.41, 5.74) is 0.628. The molecule has 1 rings (SSSR count). The molecule has 0 heterocycles. The molecule has 0 aliphatic heterocycles. The number of benzene rings is 1. The predicted octanol–water partition coefficient (Wildman–Crippen LogP) is 1.08. The summed E-state index contributed by atoms with van der Waals surface area (Å²) in [6.07, 6.45) is 2.39. The minimum atomic E-state index is -3.45. The van der Waals surface area contributed by atoms with Gasteiger partial charge in [0.05, 0.1) is 4.90 Å². The fourth-order valence-electron chi connectivity index (χ4n) is 1.20. The van der Waals surface area contributed by atoms with Crippen molar-refractivity contribution >= 4 is 22.1 Å². The SMILES string of the molecule is CCNS(=O)(=O)c1ccc(C=CC(=O)O)cc1. The van der Waals surface area contributed by atoms with Gasteiger partial charge in [-0.2, -0.15) is 0 Å². The van der Waals surface area contributed by atoms with Crippen molar-refractivity contribution in [1.29, 1.82) is 0 Å². The molecule has 0 aliphatic carbocycles. The molecule has 0 saturated heterocycles. The maximum Gasteiger partial charge on any atom is 0.328 e. The lowest BCUT2D eigenvalue weighted by atomic mass is 10.2. The Morgan fingerprint density at radius 2 is 1.94 bits per heavy atom. The zero-order chi connectivity index (χ0) is 12.9. The van der Waals surface area contributed by atoms with Gasteiger partial charge in [-0.05, 0) is 23.8 Å². The molecule has 0 radical (unpaired) electrons. The molecule has 0 unspecified atom stereocenters. The number of hydrogen-bond donors (Lipinski definition) is 2. The van der Waals surface area contributed by atoms with Crippen molar-refractivity contribution in [1.82, 2.24) is 4.72 Å². The van der Waals surface area contributed by atoms with E-state index in [9.17, 15) is 13.2 Å². The fraction of sp³-hybridized carbons (Fsp3) is 0.182. The lowest BCUT2D eigenvalue weighted by Gasteiger charge is -2.04. The van der Waals surface area contributed by atoms with Crippen LogP contribution in [0.1, 0.15) is 12.5 Å². The van der Waals surface area contributed by atoms with Crippen LogP contribution in [0.4, 0.5) is 0 Å². The minimum Gasteiger partial charge on any atom is -0.478 e. The van der Waals surface area contributed by atoms with Gasteiger partial charge in [0.25, 0.3) is 0 Å². The van der Waals surface area contributed by atoms with Crippen LogP contribution in [0.2, 0.25) is 0 Å². The monoisotopic (exact) mass is 255 g/mol. The van der Waals surface area contributed by atoms with E-state index in [0.29, 0.717) is 12.1 Å². The summed E-state index contributed by atoms with van der Waals surface area (Å²) in [6, 6.07) is 5.95. The van der Waals surface area contributed by atoms with Crippen molar-refractivity contribution in [3.8, 4) is 0 Å². The van der Waals surface area contributed by atoms with Crippen molar-refractivity contribution < 1.29 is 18.3 Å². The average Bonchev–Trinajstić information content (AvgIpc) is 2.27. The van der Waals surface area contributed by atoms with Crippen molar-refractivity contribution in [2.24, 2.45) is 0 Å². The van der Waals surface area contributed by atoms with Gasteiger partial charge in [-0.1, -0.05) is 19.1 Å². The van der Waals surface area contributed by atoms with E-state index in [1.165, 1.54) is 18.2 Å². The summed E-state index contributed by atoms with van der Waals surface area (Å²) in [7, 11) is -3.45. The highest BCUT2D eigenvalue weighted by molar-refractivity contribution is 7.89. The minimum absolute atomic E-state index is 0.159. The number of carboxylic acid groups (broad SMARTS) is 1. The third-order valence-electron chi connectivity index (χ3n) is 1.94. The van der Waals surface area contributed by atoms with Crippen molar-refractivity contribution in [3.63, 3.8) is 0 Å². The van der Waals surface area contributed by atoms with E-state index in [1.807, 2.05) is 0 Å². The number of carbonyl (C=O) groups is 1. The zero-order valence-electron chi connectivity index (χ0n) is 9.25. The lowest BCUT2D eigenvalue weighted by molar-refractivity contribution is -0.131. The molecule has 0 amide bonds. The van der Waals surface area contributed by atoms with E-state index >= 15 is 0 Å². The molecule has 2 N–H and O–H groups in total. The average molecular weight is 255 g/mol. The summed E-state index contributed by atoms with van der Waals surface area (Å²) >= 11 is 0. The molecule has 92 valence electrons. The van der Waals surface area contributed by atoms with E-state index in [4.69, 9.17) is 5.11 Å². The predicted molar refractivity (Wildman–Crippen MR) is 64.0 cm³/mol. The highest BCUT2D eigenvalue weighted by Gasteiger charge is 2.11. The number of sulfonamides is 1. The molecule has 1 aromatic rings. The van der Waals surface area contributed by atoms with Crippen molar-refractivity contribution in [3.05, 3.63) is 35.9 Å². The number of nitrogens with one attached hydrogen (secondary N) is 1. The number of carboxylic acids is 1. The van der Waals surface area contributed by atoms with Gasteiger partial charge in [0.2, 0.25) is 10.0 Å². The first kappa shape index (κ1) is 13.4. The molecule has 0 spiro atoms. The van der Waals surface area contributed by atoms with Crippen molar-refractivity contribution in [2.75, 3.05) is 6.54 Å². The van der Waals surface area contributed by atoms with Gasteiger partial charge in [-0.25, -0.2) is 17.9 Å². The first-order chi connectivity index (χ1) is 7.95. The lowest BCUT2D eigenvalue weighted by Crippen LogP contribution is -2.22. The molecule has 17 heavy (non-hydrogen) atoms. The van der Waals surface area contributed by atoms with Crippen LogP contribution in [-0.4, -0.2) is 26.0 Å². The molecule has 0 fully saturated rings. The van der Waals surface area contributed by atoms with E-state index in [2.05, 4.69) is 4.72 Å². The molecule has 0 aliphatic rings. The number of hydrogen-bond acceptors (Lipinski definition) is 3. The quantitative estimate of drug-likeness (QED) is 0.771. The molecule has 0 bridgehead atoms. The van der Waals surface area contributed by atoms with Crippen LogP contribution in [-0.2, 0) is 14.8 Å². The maximum atomic E-state index is 11.6. The molecule has 0 atom stereocenters. The third kappa shape index (κ3) is 4.01. The molecule has 1 aromatic carbocycles. The summed E-state index contributed by atoms with van der Waals surface area (Å²) in [4.78, 5) is 10.5. The first-order valence-corrected chi connectivity index (χ1v) is 6.45. The molecule has 0 saturated carbocycles. The standard InChI is InChI=1S/C11H13NO4S/c1-2-12-17(15,16)10-6-3-9(4-7-10)5-8-11(13)14/h3-8,12H,2H2,1H3,(H,13,14). The van der Waals surface area contributed by atoms with Crippen LogP contribution in [0.25, 0.3) is 6.08 Å². The summed E-state index contributed by atoms with van der Waals surface area (Å²) in [5, 5.41) is 8.44. The highest BCUT2D eigenvalue weighted by atomic mass is 32.2. The molecular weight excluding hydrogens is 242 g/mol. The van der Waals surface area contributed by atoms with E-state index in [-0.39, 0.29) is 4.90 Å². The van der Waals surface area contributed by atoms with Crippen molar-refractivity contribution in [2.45, 2.75) is 11.8 Å². The Kier molecular flexibility index (Phi) is 4.42. The van der Waals surface area contributed by atoms with Crippen LogP contribution in [0, 0.1) is 0 Å². The van der Waals surface area contributed by atoms with Gasteiger partial charge in [-0.15, -0.1) is 0 Å². The van der Waals surface area contributed by atoms with Crippen LogP contribution in [0.15, 0.2) is 35.2 Å². The van der Waals surface area contributed by atoms with E-state index in [0.717, 1.165) is 6.08 Å². The molecule has 5 nitrogen and oxygen atoms in total. The Bertz CT molecular complexity index is 517. The highest BCUT2D eigenvalue weighted by Crippen LogP contribution is 2.11. The second kappa shape index (κ2) is 5.60. The second-order valence-corrected chi connectivity index (χ2v) is 5.01. The zero-order valence-corrected chi connectivity index (χ0v) is 10.1. The van der Waals surface area contributed by atoms with Gasteiger partial charge in [0.15, 0.2) is 0 Å². The van der Waals surface area contributed by atoms with Crippen LogP contribution < -0.4 is 4.72 Å². The molecule has 0 aromatic heterocycles.